The van der Waals surface area contributed by atoms with E-state index in [1.807, 2.05) is 0 Å². The van der Waals surface area contributed by atoms with Gasteiger partial charge in [0.2, 0.25) is 5.43 Å². The molecule has 27 heavy (non-hydrogen) atoms. The summed E-state index contributed by atoms with van der Waals surface area (Å²) in [4.78, 5) is 25.3. The number of pyridine rings is 1. The summed E-state index contributed by atoms with van der Waals surface area (Å²) in [5.74, 6) is -3.27. The van der Waals surface area contributed by atoms with Crippen LogP contribution in [0.5, 0.6) is 0 Å². The number of halogens is 2. The summed E-state index contributed by atoms with van der Waals surface area (Å²) in [5.41, 5.74) is -1.78. The minimum atomic E-state index is -1.43. The maximum atomic E-state index is 15.5. The fraction of sp³-hybridized carbons (Fsp3) is 0.444. The number of anilines is 1. The number of piperazine rings is 1. The lowest BCUT2D eigenvalue weighted by atomic mass is 10.1. The van der Waals surface area contributed by atoms with Gasteiger partial charge in [-0.05, 0) is 18.9 Å². The van der Waals surface area contributed by atoms with Gasteiger partial charge in [-0.3, -0.25) is 4.79 Å². The maximum absolute atomic E-state index is 15.5. The Morgan fingerprint density at radius 1 is 1.33 bits per heavy atom. The number of aromatic carboxylic acids is 1. The first-order valence-corrected chi connectivity index (χ1v) is 8.82. The molecule has 0 spiro atoms. The van der Waals surface area contributed by atoms with Gasteiger partial charge in [0.15, 0.2) is 5.82 Å². The number of hydrogen-bond donors (Lipinski definition) is 3. The summed E-state index contributed by atoms with van der Waals surface area (Å²) in [6.07, 6.45) is 2.61. The molecule has 1 aromatic carbocycles. The highest BCUT2D eigenvalue weighted by Gasteiger charge is 2.33. The van der Waals surface area contributed by atoms with Crippen molar-refractivity contribution in [3.8, 4) is 0 Å². The minimum Gasteiger partial charge on any atom is -0.477 e. The quantitative estimate of drug-likeness (QED) is 0.736. The molecule has 2 aromatic rings. The average molecular weight is 379 g/mol. The second kappa shape index (κ2) is 6.58. The molecule has 1 unspecified atom stereocenters. The Bertz CT molecular complexity index is 987. The zero-order valence-electron chi connectivity index (χ0n) is 14.4. The van der Waals surface area contributed by atoms with Crippen LogP contribution in [0.3, 0.4) is 0 Å². The van der Waals surface area contributed by atoms with Gasteiger partial charge in [-0.2, -0.15) is 0 Å². The summed E-state index contributed by atoms with van der Waals surface area (Å²) in [6.45, 7) is 0.893. The van der Waals surface area contributed by atoms with Crippen LogP contribution in [0.2, 0.25) is 0 Å². The van der Waals surface area contributed by atoms with E-state index in [1.165, 1.54) is 9.47 Å². The van der Waals surface area contributed by atoms with Crippen molar-refractivity contribution in [2.45, 2.75) is 24.9 Å². The third kappa shape index (κ3) is 2.87. The number of carbonyl (C=O) groups is 1. The SMILES string of the molecule is O=C(O)c1cn(C2CC2)c2c(F)c(N3CCNCC3CO)c(F)cc2c1=O. The van der Waals surface area contributed by atoms with E-state index in [4.69, 9.17) is 0 Å². The number of hydrogen-bond acceptors (Lipinski definition) is 5. The van der Waals surface area contributed by atoms with Crippen molar-refractivity contribution in [3.63, 3.8) is 0 Å². The van der Waals surface area contributed by atoms with Crippen LogP contribution in [0.25, 0.3) is 10.9 Å². The largest absolute Gasteiger partial charge is 0.477 e. The van der Waals surface area contributed by atoms with Crippen LogP contribution in [-0.2, 0) is 0 Å². The molecular formula is C18H19F2N3O4. The monoisotopic (exact) mass is 379 g/mol. The molecule has 2 heterocycles. The molecule has 144 valence electrons. The molecule has 0 radical (unpaired) electrons. The van der Waals surface area contributed by atoms with Crippen molar-refractivity contribution in [3.05, 3.63) is 39.7 Å². The highest BCUT2D eigenvalue weighted by atomic mass is 19.1. The second-order valence-corrected chi connectivity index (χ2v) is 6.97. The second-order valence-electron chi connectivity index (χ2n) is 6.97. The number of benzene rings is 1. The van der Waals surface area contributed by atoms with Crippen molar-refractivity contribution < 1.29 is 23.8 Å². The van der Waals surface area contributed by atoms with Gasteiger partial charge in [0.1, 0.15) is 17.1 Å². The van der Waals surface area contributed by atoms with Crippen LogP contribution < -0.4 is 15.6 Å². The number of nitrogens with one attached hydrogen (secondary N) is 1. The van der Waals surface area contributed by atoms with Crippen LogP contribution >= 0.6 is 0 Å². The Morgan fingerprint density at radius 2 is 2.07 bits per heavy atom. The molecule has 1 aliphatic carbocycles. The van der Waals surface area contributed by atoms with Gasteiger partial charge in [-0.15, -0.1) is 0 Å². The molecule has 2 aliphatic rings. The summed E-state index contributed by atoms with van der Waals surface area (Å²) in [5, 5.41) is 21.6. The fourth-order valence-corrected chi connectivity index (χ4v) is 3.71. The lowest BCUT2D eigenvalue weighted by Crippen LogP contribution is -2.53. The van der Waals surface area contributed by atoms with Gasteiger partial charge in [0.25, 0.3) is 0 Å². The van der Waals surface area contributed by atoms with Crippen LogP contribution in [0.15, 0.2) is 17.1 Å². The van der Waals surface area contributed by atoms with E-state index < -0.39 is 34.6 Å². The number of carboxylic acid groups (broad SMARTS) is 1. The lowest BCUT2D eigenvalue weighted by Gasteiger charge is -2.37. The van der Waals surface area contributed by atoms with Gasteiger partial charge in [-0.25, -0.2) is 13.6 Å². The molecule has 0 bridgehead atoms. The predicted molar refractivity (Wildman–Crippen MR) is 94.4 cm³/mol. The zero-order chi connectivity index (χ0) is 19.3. The topological polar surface area (TPSA) is 94.8 Å². The number of aromatic nitrogens is 1. The molecular weight excluding hydrogens is 360 g/mol. The number of nitrogens with zero attached hydrogens (tertiary/aromatic N) is 2. The van der Waals surface area contributed by atoms with E-state index in [0.717, 1.165) is 25.1 Å². The van der Waals surface area contributed by atoms with Crippen molar-refractivity contribution >= 4 is 22.6 Å². The molecule has 1 aliphatic heterocycles. The van der Waals surface area contributed by atoms with Crippen LogP contribution in [0.4, 0.5) is 14.5 Å². The van der Waals surface area contributed by atoms with Crippen molar-refractivity contribution in [2.75, 3.05) is 31.1 Å². The molecule has 1 saturated heterocycles. The van der Waals surface area contributed by atoms with Crippen LogP contribution in [-0.4, -0.2) is 53.0 Å². The summed E-state index contributed by atoms with van der Waals surface area (Å²) >= 11 is 0. The average Bonchev–Trinajstić information content (AvgIpc) is 3.47. The highest BCUT2D eigenvalue weighted by Crippen LogP contribution is 2.39. The van der Waals surface area contributed by atoms with Crippen molar-refractivity contribution in [1.82, 2.24) is 9.88 Å². The van der Waals surface area contributed by atoms with Gasteiger partial charge in [0, 0.05) is 31.9 Å². The van der Waals surface area contributed by atoms with E-state index >= 15 is 4.39 Å². The van der Waals surface area contributed by atoms with E-state index in [9.17, 15) is 24.2 Å². The predicted octanol–water partition coefficient (Wildman–Crippen LogP) is 1.08. The summed E-state index contributed by atoms with van der Waals surface area (Å²) in [7, 11) is 0. The molecule has 3 N–H and O–H groups in total. The van der Waals surface area contributed by atoms with E-state index in [1.54, 1.807) is 0 Å². The molecule has 2 fully saturated rings. The van der Waals surface area contributed by atoms with Gasteiger partial charge in [-0.1, -0.05) is 0 Å². The summed E-state index contributed by atoms with van der Waals surface area (Å²) < 4.78 is 31.8. The maximum Gasteiger partial charge on any atom is 0.341 e. The number of aliphatic hydroxyl groups excluding tert-OH is 1. The molecule has 0 amide bonds. The first kappa shape index (κ1) is 17.9. The molecule has 4 rings (SSSR count). The van der Waals surface area contributed by atoms with Crippen LogP contribution in [0, 0.1) is 11.6 Å². The normalized spacial score (nSPS) is 20.3. The van der Waals surface area contributed by atoms with E-state index in [2.05, 4.69) is 5.32 Å². The Balaban J connectivity index is 2.01. The molecule has 7 nitrogen and oxygen atoms in total. The first-order valence-electron chi connectivity index (χ1n) is 8.82. The van der Waals surface area contributed by atoms with Crippen molar-refractivity contribution in [1.29, 1.82) is 0 Å². The summed E-state index contributed by atoms with van der Waals surface area (Å²) in [6, 6.07) is 0.299. The molecule has 9 heteroatoms. The third-order valence-corrected chi connectivity index (χ3v) is 5.20. The Kier molecular flexibility index (Phi) is 4.35. The zero-order valence-corrected chi connectivity index (χ0v) is 14.4. The highest BCUT2D eigenvalue weighted by molar-refractivity contribution is 5.94. The number of aliphatic hydroxyl groups is 1. The molecule has 1 aromatic heterocycles. The third-order valence-electron chi connectivity index (χ3n) is 5.20. The van der Waals surface area contributed by atoms with Crippen molar-refractivity contribution in [2.24, 2.45) is 0 Å². The molecule has 1 saturated carbocycles. The first-order chi connectivity index (χ1) is 12.9. The lowest BCUT2D eigenvalue weighted by molar-refractivity contribution is 0.0694. The van der Waals surface area contributed by atoms with Gasteiger partial charge in [0.05, 0.1) is 23.6 Å². The number of carboxylic acids is 1. The van der Waals surface area contributed by atoms with Gasteiger partial charge >= 0.3 is 5.97 Å². The molecule has 1 atom stereocenters. The smallest absolute Gasteiger partial charge is 0.341 e. The number of fused-ring (bicyclic) bond motifs is 1. The Morgan fingerprint density at radius 3 is 2.70 bits per heavy atom. The van der Waals surface area contributed by atoms with Crippen LogP contribution in [0.1, 0.15) is 29.2 Å². The van der Waals surface area contributed by atoms with Gasteiger partial charge < -0.3 is 25.0 Å². The minimum absolute atomic E-state index is 0.0841. The van der Waals surface area contributed by atoms with E-state index in [0.29, 0.717) is 19.6 Å². The van der Waals surface area contributed by atoms with E-state index in [-0.39, 0.29) is 29.2 Å². The Labute approximate surface area is 152 Å². The Hall–Kier alpha value is -2.52. The fourth-order valence-electron chi connectivity index (χ4n) is 3.71. The standard InChI is InChI=1S/C18H19F2N3O4/c19-13-5-11-15(14(20)16(13)22-4-3-21-6-10(22)8-24)23(9-1-2-9)7-12(17(11)25)18(26)27/h5,7,9-10,21,24H,1-4,6,8H2,(H,26,27). The number of rotatable bonds is 4.